The molecule has 0 aromatic heterocycles. The minimum Gasteiger partial charge on any atom is -0.357 e. The largest absolute Gasteiger partial charge is 0.357 e. The maximum absolute atomic E-state index is 12.7. The van der Waals surface area contributed by atoms with E-state index in [-0.39, 0.29) is 29.7 Å². The SMILES string of the molecule is CNC(=O)[C@@H]1C[C@H]2CN(C(=O)c3cccc(C)c3)C[C@H]2N1C(C)=O. The third-order valence-electron chi connectivity index (χ3n) is 5.09. The number of hydrogen-bond acceptors (Lipinski definition) is 3. The molecule has 24 heavy (non-hydrogen) atoms. The van der Waals surface area contributed by atoms with Gasteiger partial charge in [0.25, 0.3) is 5.91 Å². The predicted octanol–water partition coefficient (Wildman–Crippen LogP) is 0.802. The van der Waals surface area contributed by atoms with E-state index in [9.17, 15) is 14.4 Å². The van der Waals surface area contributed by atoms with Crippen molar-refractivity contribution < 1.29 is 14.4 Å². The second kappa shape index (κ2) is 6.26. The molecule has 2 saturated heterocycles. The number of amides is 3. The number of carbonyl (C=O) groups excluding carboxylic acids is 3. The van der Waals surface area contributed by atoms with Gasteiger partial charge < -0.3 is 15.1 Å². The van der Waals surface area contributed by atoms with Gasteiger partial charge in [0.2, 0.25) is 11.8 Å². The van der Waals surface area contributed by atoms with Crippen LogP contribution in [-0.2, 0) is 9.59 Å². The van der Waals surface area contributed by atoms with Crippen LogP contribution in [0.3, 0.4) is 0 Å². The van der Waals surface area contributed by atoms with Crippen molar-refractivity contribution in [2.45, 2.75) is 32.4 Å². The maximum atomic E-state index is 12.7. The summed E-state index contributed by atoms with van der Waals surface area (Å²) < 4.78 is 0. The number of rotatable bonds is 2. The highest BCUT2D eigenvalue weighted by Gasteiger charge is 2.50. The van der Waals surface area contributed by atoms with Gasteiger partial charge in [0.15, 0.2) is 0 Å². The molecule has 6 heteroatoms. The van der Waals surface area contributed by atoms with E-state index in [4.69, 9.17) is 0 Å². The molecule has 1 N–H and O–H groups in total. The Morgan fingerprint density at radius 1 is 1.21 bits per heavy atom. The Kier molecular flexibility index (Phi) is 4.30. The first-order valence-corrected chi connectivity index (χ1v) is 8.28. The Balaban J connectivity index is 1.77. The lowest BCUT2D eigenvalue weighted by molar-refractivity contribution is -0.138. The van der Waals surface area contributed by atoms with Gasteiger partial charge in [-0.05, 0) is 25.5 Å². The van der Waals surface area contributed by atoms with Gasteiger partial charge in [-0.15, -0.1) is 0 Å². The summed E-state index contributed by atoms with van der Waals surface area (Å²) in [5, 5.41) is 2.63. The predicted molar refractivity (Wildman–Crippen MR) is 89.4 cm³/mol. The van der Waals surface area contributed by atoms with E-state index in [1.807, 2.05) is 31.2 Å². The first-order valence-electron chi connectivity index (χ1n) is 8.28. The summed E-state index contributed by atoms with van der Waals surface area (Å²) in [7, 11) is 1.59. The molecule has 0 unspecified atom stereocenters. The highest BCUT2D eigenvalue weighted by molar-refractivity contribution is 5.95. The molecule has 6 nitrogen and oxygen atoms in total. The summed E-state index contributed by atoms with van der Waals surface area (Å²) in [5.41, 5.74) is 1.72. The van der Waals surface area contributed by atoms with Crippen molar-refractivity contribution in [1.29, 1.82) is 0 Å². The van der Waals surface area contributed by atoms with Gasteiger partial charge in [0.05, 0.1) is 6.04 Å². The molecule has 2 fully saturated rings. The third-order valence-corrected chi connectivity index (χ3v) is 5.09. The zero-order valence-corrected chi connectivity index (χ0v) is 14.3. The van der Waals surface area contributed by atoms with Gasteiger partial charge in [-0.1, -0.05) is 17.7 Å². The third kappa shape index (κ3) is 2.77. The number of fused-ring (bicyclic) bond motifs is 1. The van der Waals surface area contributed by atoms with Crippen molar-refractivity contribution in [2.75, 3.05) is 20.1 Å². The number of nitrogens with zero attached hydrogens (tertiary/aromatic N) is 2. The van der Waals surface area contributed by atoms with Crippen LogP contribution in [0.5, 0.6) is 0 Å². The van der Waals surface area contributed by atoms with Crippen LogP contribution in [0, 0.1) is 12.8 Å². The monoisotopic (exact) mass is 329 g/mol. The quantitative estimate of drug-likeness (QED) is 0.873. The summed E-state index contributed by atoms with van der Waals surface area (Å²) in [4.78, 5) is 40.3. The molecule has 3 amide bonds. The molecule has 1 aromatic carbocycles. The van der Waals surface area contributed by atoms with E-state index in [0.717, 1.165) is 5.56 Å². The molecule has 0 aliphatic carbocycles. The van der Waals surface area contributed by atoms with Gasteiger partial charge in [-0.3, -0.25) is 14.4 Å². The van der Waals surface area contributed by atoms with Crippen LogP contribution >= 0.6 is 0 Å². The van der Waals surface area contributed by atoms with Crippen LogP contribution in [0.15, 0.2) is 24.3 Å². The summed E-state index contributed by atoms with van der Waals surface area (Å²) in [6.07, 6.45) is 0.613. The number of carbonyl (C=O) groups is 3. The van der Waals surface area contributed by atoms with Gasteiger partial charge >= 0.3 is 0 Å². The van der Waals surface area contributed by atoms with E-state index < -0.39 is 6.04 Å². The van der Waals surface area contributed by atoms with Crippen molar-refractivity contribution >= 4 is 17.7 Å². The summed E-state index contributed by atoms with van der Waals surface area (Å²) >= 11 is 0. The lowest BCUT2D eigenvalue weighted by atomic mass is 10.0. The van der Waals surface area contributed by atoms with E-state index in [0.29, 0.717) is 25.1 Å². The molecule has 128 valence electrons. The van der Waals surface area contributed by atoms with Gasteiger partial charge in [-0.2, -0.15) is 0 Å². The van der Waals surface area contributed by atoms with Crippen molar-refractivity contribution in [1.82, 2.24) is 15.1 Å². The fourth-order valence-corrected chi connectivity index (χ4v) is 4.01. The van der Waals surface area contributed by atoms with E-state index in [1.54, 1.807) is 16.8 Å². The minimum atomic E-state index is -0.418. The van der Waals surface area contributed by atoms with E-state index in [2.05, 4.69) is 5.32 Å². The molecule has 2 aliphatic rings. The molecule has 0 spiro atoms. The molecule has 2 heterocycles. The van der Waals surface area contributed by atoms with Crippen LogP contribution in [-0.4, -0.2) is 59.7 Å². The Morgan fingerprint density at radius 2 is 1.96 bits per heavy atom. The number of aryl methyl sites for hydroxylation is 1. The average molecular weight is 329 g/mol. The van der Waals surface area contributed by atoms with Crippen molar-refractivity contribution in [2.24, 2.45) is 5.92 Å². The maximum Gasteiger partial charge on any atom is 0.253 e. The number of nitrogens with one attached hydrogen (secondary N) is 1. The summed E-state index contributed by atoms with van der Waals surface area (Å²) in [6, 6.07) is 7.05. The fourth-order valence-electron chi connectivity index (χ4n) is 4.01. The van der Waals surface area contributed by atoms with E-state index in [1.165, 1.54) is 6.92 Å². The van der Waals surface area contributed by atoms with Crippen molar-refractivity contribution in [3.63, 3.8) is 0 Å². The second-order valence-corrected chi connectivity index (χ2v) is 6.70. The van der Waals surface area contributed by atoms with Crippen molar-refractivity contribution in [3.8, 4) is 0 Å². The fraction of sp³-hybridized carbons (Fsp3) is 0.500. The topological polar surface area (TPSA) is 69.7 Å². The Morgan fingerprint density at radius 3 is 2.58 bits per heavy atom. The molecule has 0 radical (unpaired) electrons. The first-order chi connectivity index (χ1) is 11.4. The highest BCUT2D eigenvalue weighted by Crippen LogP contribution is 2.36. The number of hydrogen-bond donors (Lipinski definition) is 1. The molecule has 0 saturated carbocycles. The van der Waals surface area contributed by atoms with E-state index >= 15 is 0 Å². The smallest absolute Gasteiger partial charge is 0.253 e. The van der Waals surface area contributed by atoms with Gasteiger partial charge in [-0.25, -0.2) is 0 Å². The number of likely N-dealkylation sites (tertiary alicyclic amines) is 2. The number of likely N-dealkylation sites (N-methyl/N-ethyl adjacent to an activating group) is 1. The standard InChI is InChI=1S/C18H23N3O3/c1-11-5-4-6-13(7-11)18(24)20-9-14-8-15(17(23)19-3)21(12(2)22)16(14)10-20/h4-7,14-16H,8-10H2,1-3H3,(H,19,23)/t14-,15-,16+/m0/s1. The minimum absolute atomic E-state index is 0.00639. The van der Waals surface area contributed by atoms with Gasteiger partial charge in [0.1, 0.15) is 6.04 Å². The van der Waals surface area contributed by atoms with Crippen LogP contribution in [0.25, 0.3) is 0 Å². The van der Waals surface area contributed by atoms with Crippen LogP contribution < -0.4 is 5.32 Å². The molecule has 3 atom stereocenters. The lowest BCUT2D eigenvalue weighted by Crippen LogP contribution is -2.49. The first kappa shape index (κ1) is 16.5. The van der Waals surface area contributed by atoms with Crippen LogP contribution in [0.4, 0.5) is 0 Å². The van der Waals surface area contributed by atoms with Crippen LogP contribution in [0.1, 0.15) is 29.3 Å². The van der Waals surface area contributed by atoms with Gasteiger partial charge in [0, 0.05) is 38.5 Å². The molecule has 0 bridgehead atoms. The average Bonchev–Trinajstić information content (AvgIpc) is 3.10. The molecule has 2 aliphatic heterocycles. The van der Waals surface area contributed by atoms with Crippen molar-refractivity contribution in [3.05, 3.63) is 35.4 Å². The second-order valence-electron chi connectivity index (χ2n) is 6.70. The highest BCUT2D eigenvalue weighted by atomic mass is 16.2. The normalized spacial score (nSPS) is 25.5. The summed E-state index contributed by atoms with van der Waals surface area (Å²) in [5.74, 6) is -0.0878. The summed E-state index contributed by atoms with van der Waals surface area (Å²) in [6.45, 7) is 4.53. The zero-order valence-electron chi connectivity index (χ0n) is 14.3. The Hall–Kier alpha value is -2.37. The zero-order chi connectivity index (χ0) is 17.4. The molecule has 1 aromatic rings. The molecular formula is C18H23N3O3. The number of benzene rings is 1. The molecule has 3 rings (SSSR count). The van der Waals surface area contributed by atoms with Crippen LogP contribution in [0.2, 0.25) is 0 Å². The Bertz CT molecular complexity index is 688. The Labute approximate surface area is 141 Å². The lowest BCUT2D eigenvalue weighted by Gasteiger charge is -2.28. The molecular weight excluding hydrogens is 306 g/mol.